The first-order chi connectivity index (χ1) is 53.1. The van der Waals surface area contributed by atoms with Crippen LogP contribution >= 0.6 is 0 Å². The highest BCUT2D eigenvalue weighted by molar-refractivity contribution is 6.00. The van der Waals surface area contributed by atoms with Crippen LogP contribution in [0.5, 0.6) is 0 Å². The minimum Gasteiger partial charge on any atom is -0.480 e. The van der Waals surface area contributed by atoms with Crippen molar-refractivity contribution in [3.8, 4) is 0 Å². The molecule has 0 aliphatic carbocycles. The van der Waals surface area contributed by atoms with Gasteiger partial charge in [0.1, 0.15) is 78.5 Å². The summed E-state index contributed by atoms with van der Waals surface area (Å²) in [6.45, 7) is 4.29. The molecule has 1 aliphatic rings. The second kappa shape index (κ2) is 53.6. The summed E-state index contributed by atoms with van der Waals surface area (Å²) in [5.41, 5.74) is 44.1. The number of nitrogens with zero attached hydrogens (tertiary/aromatic N) is 4. The molecule has 46 nitrogen and oxygen atoms in total. The number of rotatable bonds is 56. The van der Waals surface area contributed by atoms with Crippen LogP contribution in [0.2, 0.25) is 0 Å². The predicted octanol–water partition coefficient (Wildman–Crippen LogP) is -12.5. The minimum atomic E-state index is -1.89. The fourth-order valence-corrected chi connectivity index (χ4v) is 11.1. The number of carboxylic acids is 1. The molecule has 642 valence electrons. The third kappa shape index (κ3) is 39.7. The number of nitrogens with two attached hydrogens (primary N) is 8. The van der Waals surface area contributed by atoms with E-state index in [2.05, 4.69) is 79.1 Å². The van der Waals surface area contributed by atoms with Gasteiger partial charge in [-0.1, -0.05) is 0 Å². The zero-order chi connectivity index (χ0) is 85.8. The van der Waals surface area contributed by atoms with E-state index in [0.29, 0.717) is 45.1 Å². The molecule has 16 unspecified atom stereocenters. The molecule has 0 aromatic rings. The molecule has 1 fully saturated rings. The summed E-state index contributed by atoms with van der Waals surface area (Å²) >= 11 is 0. The van der Waals surface area contributed by atoms with E-state index < -0.39 is 224 Å². The first kappa shape index (κ1) is 101. The predicted molar refractivity (Wildman–Crippen MR) is 408 cm³/mol. The lowest BCUT2D eigenvalue weighted by molar-refractivity contribution is -0.145. The van der Waals surface area contributed by atoms with Gasteiger partial charge < -0.3 is 150 Å². The highest BCUT2D eigenvalue weighted by Gasteiger charge is 2.40. The Kier molecular flexibility index (Phi) is 47.8. The van der Waals surface area contributed by atoms with Crippen LogP contribution in [0, 0.1) is 0 Å². The third-order valence-corrected chi connectivity index (χ3v) is 17.6. The molecule has 1 heterocycles. The molecule has 0 aromatic heterocycles. The van der Waals surface area contributed by atoms with Crippen molar-refractivity contribution in [2.75, 3.05) is 73.1 Å². The van der Waals surface area contributed by atoms with Crippen molar-refractivity contribution in [2.24, 2.45) is 55.9 Å². The molecule has 1 saturated heterocycles. The van der Waals surface area contributed by atoms with Gasteiger partial charge in [-0.15, -0.1) is 0 Å². The molecule has 0 spiro atoms. The van der Waals surface area contributed by atoms with E-state index >= 15 is 0 Å². The Morgan fingerprint density at radius 1 is 0.451 bits per heavy atom. The smallest absolute Gasteiger partial charge is 0.326 e. The molecule has 15 amide bonds. The van der Waals surface area contributed by atoms with Crippen LogP contribution in [0.15, 0.2) is 9.98 Å². The van der Waals surface area contributed by atoms with Gasteiger partial charge in [-0.3, -0.25) is 81.9 Å². The minimum absolute atomic E-state index is 0.0103. The second-order valence-corrected chi connectivity index (χ2v) is 27.6. The van der Waals surface area contributed by atoms with E-state index in [1.54, 1.807) is 14.1 Å². The number of likely N-dealkylation sites (tertiary alicyclic amines) is 1. The Balaban J connectivity index is 3.30. The number of primary amides is 1. The van der Waals surface area contributed by atoms with E-state index in [1.807, 2.05) is 4.90 Å². The number of carbonyl (C=O) groups excluding carboxylic acids is 15. The molecule has 0 radical (unpaired) electrons. The van der Waals surface area contributed by atoms with E-state index in [0.717, 1.165) is 13.8 Å². The largest absolute Gasteiger partial charge is 0.480 e. The summed E-state index contributed by atoms with van der Waals surface area (Å²) < 4.78 is 0. The summed E-state index contributed by atoms with van der Waals surface area (Å²) in [7, 11) is 3.56. The van der Waals surface area contributed by atoms with E-state index in [9.17, 15) is 102 Å². The van der Waals surface area contributed by atoms with Crippen LogP contribution in [-0.4, -0.2) is 312 Å². The Hall–Kier alpha value is -10.3. The fourth-order valence-electron chi connectivity index (χ4n) is 11.1. The molecule has 1 aliphatic heterocycles. The van der Waals surface area contributed by atoms with Crippen molar-refractivity contribution < 1.29 is 102 Å². The van der Waals surface area contributed by atoms with Gasteiger partial charge in [0.25, 0.3) is 0 Å². The molecule has 46 heteroatoms. The first-order valence-corrected chi connectivity index (χ1v) is 37.4. The van der Waals surface area contributed by atoms with Crippen molar-refractivity contribution in [1.29, 1.82) is 0 Å². The Morgan fingerprint density at radius 2 is 0.867 bits per heavy atom. The Bertz CT molecular complexity index is 3210. The summed E-state index contributed by atoms with van der Waals surface area (Å²) in [6, 6.07) is -19.6. The van der Waals surface area contributed by atoms with Crippen LogP contribution in [0.25, 0.3) is 0 Å². The van der Waals surface area contributed by atoms with Crippen LogP contribution in [0.4, 0.5) is 0 Å². The molecule has 0 aromatic carbocycles. The highest BCUT2D eigenvalue weighted by atomic mass is 16.4. The number of guanidine groups is 2. The lowest BCUT2D eigenvalue weighted by atomic mass is 10.0. The lowest BCUT2D eigenvalue weighted by Gasteiger charge is -2.29. The monoisotopic (exact) mass is 1610 g/mol. The number of hydrogen-bond acceptors (Lipinski definition) is 26. The number of aliphatic carboxylic acids is 1. The van der Waals surface area contributed by atoms with Crippen molar-refractivity contribution in [1.82, 2.24) is 78.9 Å². The van der Waals surface area contributed by atoms with Gasteiger partial charge in [0.05, 0.1) is 38.0 Å². The van der Waals surface area contributed by atoms with E-state index in [-0.39, 0.29) is 102 Å². The molecular weight excluding hydrogens is 1490 g/mol. The molecule has 0 saturated carbocycles. The quantitative estimate of drug-likeness (QED) is 0.0153. The van der Waals surface area contributed by atoms with Crippen molar-refractivity contribution in [3.63, 3.8) is 0 Å². The van der Waals surface area contributed by atoms with Crippen molar-refractivity contribution in [3.05, 3.63) is 0 Å². The van der Waals surface area contributed by atoms with Gasteiger partial charge in [-0.2, -0.15) is 0 Å². The zero-order valence-corrected chi connectivity index (χ0v) is 65.3. The topological polar surface area (TPSA) is 770 Å². The summed E-state index contributed by atoms with van der Waals surface area (Å²) in [6.07, 6.45) is -3.06. The molecule has 1 rings (SSSR count). The van der Waals surface area contributed by atoms with Crippen LogP contribution in [0.3, 0.4) is 0 Å². The van der Waals surface area contributed by atoms with Gasteiger partial charge in [-0.05, 0) is 171 Å². The molecular formula is C67H123N25O21. The molecule has 34 N–H and O–H groups in total. The lowest BCUT2D eigenvalue weighted by Crippen LogP contribution is -2.62. The standard InChI is InChI=1S/C67H123N25O21/c1-34(80-63(110)52(38(5)96)90-58(105)43(23-24-47(70)97)85-55(102)41(18-9-12-26-69)86-61(108)50(71)36(3)94)53(100)83-42(20-14-27-76-66(72)73)56(103)84-40(19-10-13-29-91(6)7)57(104)88-45(33-93)59(106)89-51(37(4)95)62(109)79-31-48(98)78-32-49(99)82-39(17-8-11-25-68)54(101)81-35(2)64(111)92-30-16-22-46(92)60(107)87-44(65(112)113)21-15-28-77-67(74)75/h34-46,50-52,93-96H,8-33,68-69,71H2,1-7H3,(H2,70,97)(H,78,98)(H,79,109)(H,80,110)(H,81,101)(H,82,99)(H,83,100)(H,84,103)(H,85,102)(H,86,108)(H,87,107)(H,88,104)(H,89,106)(H,90,105)(H,112,113)(H4,72,73,76)(H4,74,75,77). The van der Waals surface area contributed by atoms with Crippen LogP contribution in [0.1, 0.15) is 144 Å². The van der Waals surface area contributed by atoms with Gasteiger partial charge in [-0.25, -0.2) is 4.79 Å². The first-order valence-electron chi connectivity index (χ1n) is 37.4. The normalized spacial score (nSPS) is 16.5. The van der Waals surface area contributed by atoms with Gasteiger partial charge in [0.15, 0.2) is 11.9 Å². The summed E-state index contributed by atoms with van der Waals surface area (Å²) in [5, 5.41) is 82.5. The van der Waals surface area contributed by atoms with Crippen molar-refractivity contribution >= 4 is 106 Å². The Morgan fingerprint density at radius 3 is 1.34 bits per heavy atom. The van der Waals surface area contributed by atoms with E-state index in [4.69, 9.17) is 45.9 Å². The van der Waals surface area contributed by atoms with Crippen LogP contribution < -0.4 is 115 Å². The average Bonchev–Trinajstić information content (AvgIpc) is 1.71. The summed E-state index contributed by atoms with van der Waals surface area (Å²) in [4.78, 5) is 226. The number of aliphatic imine (C=N–C) groups is 2. The second-order valence-electron chi connectivity index (χ2n) is 27.6. The molecule has 0 bridgehead atoms. The third-order valence-electron chi connectivity index (χ3n) is 17.6. The van der Waals surface area contributed by atoms with Gasteiger partial charge in [0.2, 0.25) is 88.6 Å². The number of amides is 15. The summed E-state index contributed by atoms with van der Waals surface area (Å²) in [5.74, 6) is -16.5. The molecule has 113 heavy (non-hydrogen) atoms. The number of unbranched alkanes of at least 4 members (excludes halogenated alkanes) is 3. The number of hydrogen-bond donors (Lipinski definition) is 26. The SMILES string of the molecule is CC(NC(=O)C(NC(=O)C(CCC(N)=O)NC(=O)C(CCCCN)NC(=O)C(N)C(C)O)C(C)O)C(=O)NC(CCCN=C(N)N)C(=O)NC(CCCCN(C)C)C(=O)NC(CO)C(=O)NC(C(=O)NCC(=O)NCC(=O)NC(CCCCN)C(=O)NC(C)C(=O)N1CCCC1C(=O)NC(CCCN=C(N)N)C(=O)O)C(C)O. The number of carbonyl (C=O) groups is 16. The highest BCUT2D eigenvalue weighted by Crippen LogP contribution is 2.20. The maximum Gasteiger partial charge on any atom is 0.326 e. The maximum atomic E-state index is 14.4. The fraction of sp³-hybridized carbons (Fsp3) is 0.731. The average molecular weight is 1610 g/mol. The molecule has 16 atom stereocenters. The zero-order valence-electron chi connectivity index (χ0n) is 65.3. The van der Waals surface area contributed by atoms with Gasteiger partial charge in [0, 0.05) is 26.1 Å². The van der Waals surface area contributed by atoms with Crippen molar-refractivity contribution in [2.45, 2.75) is 241 Å². The van der Waals surface area contributed by atoms with Gasteiger partial charge >= 0.3 is 5.97 Å². The maximum absolute atomic E-state index is 14.4. The van der Waals surface area contributed by atoms with E-state index in [1.165, 1.54) is 25.7 Å². The number of aliphatic hydroxyl groups excluding tert-OH is 4. The Labute approximate surface area is 655 Å². The number of carboxylic acid groups (broad SMARTS) is 1. The number of aliphatic hydroxyl groups is 4. The number of nitrogens with one attached hydrogen (secondary N) is 13. The van der Waals surface area contributed by atoms with Crippen LogP contribution in [-0.2, 0) is 76.7 Å².